The maximum atomic E-state index is 2.49. The van der Waals surface area contributed by atoms with E-state index in [0.29, 0.717) is 0 Å². The number of anilines is 3. The molecule has 0 unspecified atom stereocenters. The van der Waals surface area contributed by atoms with Crippen molar-refractivity contribution in [2.45, 2.75) is 24.7 Å². The van der Waals surface area contributed by atoms with Gasteiger partial charge in [0.05, 0.1) is 11.1 Å². The van der Waals surface area contributed by atoms with Crippen molar-refractivity contribution in [1.29, 1.82) is 0 Å². The van der Waals surface area contributed by atoms with Gasteiger partial charge in [-0.3, -0.25) is 0 Å². The smallest absolute Gasteiger partial charge is 0.0714 e. The molecule has 0 aliphatic heterocycles. The number of hydrogen-bond donors (Lipinski definition) is 0. The van der Waals surface area contributed by atoms with E-state index in [4.69, 9.17) is 0 Å². The molecule has 0 N–H and O–H groups in total. The summed E-state index contributed by atoms with van der Waals surface area (Å²) in [5.74, 6) is 0. The Labute approximate surface area is 335 Å². The fourth-order valence-corrected chi connectivity index (χ4v) is 10.3. The molecule has 0 aromatic heterocycles. The van der Waals surface area contributed by atoms with E-state index < -0.39 is 5.41 Å². The summed E-state index contributed by atoms with van der Waals surface area (Å²) in [6, 6.07) is 78.7. The van der Waals surface area contributed by atoms with E-state index in [0.717, 1.165) is 17.1 Å². The normalized spacial score (nSPS) is 14.1. The van der Waals surface area contributed by atoms with Gasteiger partial charge in [-0.1, -0.05) is 196 Å². The highest BCUT2D eigenvalue weighted by Crippen LogP contribution is 2.58. The third-order valence-electron chi connectivity index (χ3n) is 12.7. The van der Waals surface area contributed by atoms with Crippen LogP contribution in [0.15, 0.2) is 212 Å². The zero-order valence-electron chi connectivity index (χ0n) is 32.2. The fourth-order valence-electron chi connectivity index (χ4n) is 10.3. The lowest BCUT2D eigenvalue weighted by atomic mass is 9.67. The molecular formula is C56H41N. The van der Waals surface area contributed by atoms with Crippen LogP contribution in [-0.2, 0) is 10.8 Å². The van der Waals surface area contributed by atoms with E-state index in [1.807, 2.05) is 0 Å². The summed E-state index contributed by atoms with van der Waals surface area (Å²) < 4.78 is 0. The highest BCUT2D eigenvalue weighted by molar-refractivity contribution is 6.00. The number of rotatable bonds is 6. The minimum atomic E-state index is -0.498. The maximum Gasteiger partial charge on any atom is 0.0714 e. The van der Waals surface area contributed by atoms with Crippen LogP contribution in [0.3, 0.4) is 0 Å². The Morgan fingerprint density at radius 3 is 1.68 bits per heavy atom. The first kappa shape index (κ1) is 33.4. The molecule has 1 heteroatoms. The Hall–Kier alpha value is -6.96. The van der Waals surface area contributed by atoms with E-state index in [1.54, 1.807) is 0 Å². The lowest BCUT2D eigenvalue weighted by Gasteiger charge is -2.35. The summed E-state index contributed by atoms with van der Waals surface area (Å²) in [5.41, 5.74) is 18.4. The van der Waals surface area contributed by atoms with Crippen LogP contribution in [0.1, 0.15) is 47.2 Å². The molecule has 9 aromatic rings. The number of nitrogens with zero attached hydrogens (tertiary/aromatic N) is 1. The molecule has 0 saturated carbocycles. The van der Waals surface area contributed by atoms with E-state index in [-0.39, 0.29) is 5.41 Å². The molecule has 0 atom stereocenters. The number of fused-ring (bicyclic) bond motifs is 7. The summed E-state index contributed by atoms with van der Waals surface area (Å²) in [6.07, 6.45) is 0. The maximum absolute atomic E-state index is 2.49. The SMILES string of the molecule is CC1(C)c2ccccc2-c2cccc(-c3cccc(N(c4ccc5c(c4)C(c4ccccc4)(c4ccccc4)c4ccccc4-5)c4cccc5ccccc45)c3)c21. The summed E-state index contributed by atoms with van der Waals surface area (Å²) >= 11 is 0. The van der Waals surface area contributed by atoms with Gasteiger partial charge in [0, 0.05) is 22.2 Å². The van der Waals surface area contributed by atoms with Gasteiger partial charge < -0.3 is 4.90 Å². The van der Waals surface area contributed by atoms with Crippen LogP contribution in [0, 0.1) is 0 Å². The van der Waals surface area contributed by atoms with Crippen LogP contribution in [0.25, 0.3) is 44.2 Å². The standard InChI is InChI=1S/C56H41N/c1-55(2)50-31-13-11-28-47(50)49-30-17-29-45(54(49)55)39-20-15-25-42(36-39)57(53-33-16-19-38-18-9-10-26-44(38)53)43-34-35-48-46-27-12-14-32-51(46)56(52(48)37-43,40-21-5-3-6-22-40)41-23-7-4-8-24-41/h3-37H,1-2H3. The Balaban J connectivity index is 1.17. The van der Waals surface area contributed by atoms with E-state index >= 15 is 0 Å². The van der Waals surface area contributed by atoms with Gasteiger partial charge in [-0.25, -0.2) is 0 Å². The molecular weight excluding hydrogens is 687 g/mol. The van der Waals surface area contributed by atoms with Gasteiger partial charge in [-0.15, -0.1) is 0 Å². The predicted molar refractivity (Wildman–Crippen MR) is 239 cm³/mol. The van der Waals surface area contributed by atoms with Crippen LogP contribution in [-0.4, -0.2) is 0 Å². The van der Waals surface area contributed by atoms with Crippen LogP contribution < -0.4 is 4.90 Å². The van der Waals surface area contributed by atoms with E-state index in [9.17, 15) is 0 Å². The lowest BCUT2D eigenvalue weighted by Crippen LogP contribution is -2.28. The van der Waals surface area contributed by atoms with Gasteiger partial charge in [-0.05, 0) is 102 Å². The molecule has 9 aromatic carbocycles. The molecule has 0 bridgehead atoms. The van der Waals surface area contributed by atoms with Gasteiger partial charge in [0.1, 0.15) is 0 Å². The molecule has 270 valence electrons. The third kappa shape index (κ3) is 4.89. The minimum absolute atomic E-state index is 0.124. The van der Waals surface area contributed by atoms with Crippen LogP contribution in [0.2, 0.25) is 0 Å². The largest absolute Gasteiger partial charge is 0.310 e. The highest BCUT2D eigenvalue weighted by Gasteiger charge is 2.46. The second-order valence-corrected chi connectivity index (χ2v) is 16.0. The second kappa shape index (κ2) is 12.8. The molecule has 2 aliphatic rings. The van der Waals surface area contributed by atoms with E-state index in [1.165, 1.54) is 77.5 Å². The molecule has 0 radical (unpaired) electrons. The topological polar surface area (TPSA) is 3.24 Å². The van der Waals surface area contributed by atoms with Crippen LogP contribution in [0.4, 0.5) is 17.1 Å². The Bertz CT molecular complexity index is 2950. The average Bonchev–Trinajstić information content (AvgIpc) is 3.70. The Kier molecular flexibility index (Phi) is 7.50. The van der Waals surface area contributed by atoms with E-state index in [2.05, 4.69) is 231 Å². The second-order valence-electron chi connectivity index (χ2n) is 16.0. The molecule has 11 rings (SSSR count). The highest BCUT2D eigenvalue weighted by atomic mass is 15.1. The summed E-state index contributed by atoms with van der Waals surface area (Å²) in [7, 11) is 0. The number of benzene rings is 9. The first-order valence-corrected chi connectivity index (χ1v) is 20.0. The van der Waals surface area contributed by atoms with Crippen molar-refractivity contribution in [3.63, 3.8) is 0 Å². The number of hydrogen-bond acceptors (Lipinski definition) is 1. The first-order chi connectivity index (χ1) is 28.0. The van der Waals surface area contributed by atoms with Gasteiger partial charge in [-0.2, -0.15) is 0 Å². The summed E-state index contributed by atoms with van der Waals surface area (Å²) in [4.78, 5) is 2.49. The molecule has 0 spiro atoms. The lowest BCUT2D eigenvalue weighted by molar-refractivity contribution is 0.662. The van der Waals surface area contributed by atoms with Crippen molar-refractivity contribution >= 4 is 27.8 Å². The van der Waals surface area contributed by atoms with Gasteiger partial charge in [0.15, 0.2) is 0 Å². The van der Waals surface area contributed by atoms with Crippen LogP contribution in [0.5, 0.6) is 0 Å². The van der Waals surface area contributed by atoms with Gasteiger partial charge in [0.25, 0.3) is 0 Å². The molecule has 0 heterocycles. The quantitative estimate of drug-likeness (QED) is 0.165. The summed E-state index contributed by atoms with van der Waals surface area (Å²) in [6.45, 7) is 4.75. The van der Waals surface area contributed by atoms with Crippen molar-refractivity contribution in [2.24, 2.45) is 0 Å². The van der Waals surface area contributed by atoms with Crippen molar-refractivity contribution < 1.29 is 0 Å². The van der Waals surface area contributed by atoms with Crippen LogP contribution >= 0.6 is 0 Å². The van der Waals surface area contributed by atoms with Crippen molar-refractivity contribution in [2.75, 3.05) is 4.90 Å². The molecule has 0 saturated heterocycles. The van der Waals surface area contributed by atoms with Gasteiger partial charge >= 0.3 is 0 Å². The molecule has 1 nitrogen and oxygen atoms in total. The minimum Gasteiger partial charge on any atom is -0.310 e. The fraction of sp³-hybridized carbons (Fsp3) is 0.0714. The van der Waals surface area contributed by atoms with Crippen molar-refractivity contribution in [3.8, 4) is 33.4 Å². The molecule has 57 heavy (non-hydrogen) atoms. The predicted octanol–water partition coefficient (Wildman–Crippen LogP) is 14.6. The zero-order valence-corrected chi connectivity index (χ0v) is 32.2. The van der Waals surface area contributed by atoms with Crippen molar-refractivity contribution in [3.05, 3.63) is 246 Å². The first-order valence-electron chi connectivity index (χ1n) is 20.0. The Morgan fingerprint density at radius 1 is 0.368 bits per heavy atom. The van der Waals surface area contributed by atoms with Gasteiger partial charge in [0.2, 0.25) is 0 Å². The average molecular weight is 728 g/mol. The zero-order chi connectivity index (χ0) is 38.1. The Morgan fingerprint density at radius 2 is 0.912 bits per heavy atom. The molecule has 0 fully saturated rings. The molecule has 0 amide bonds. The third-order valence-corrected chi connectivity index (χ3v) is 12.7. The van der Waals surface area contributed by atoms with Crippen molar-refractivity contribution in [1.82, 2.24) is 0 Å². The summed E-state index contributed by atoms with van der Waals surface area (Å²) in [5, 5.41) is 2.43. The monoisotopic (exact) mass is 727 g/mol. The molecule has 2 aliphatic carbocycles.